The maximum absolute atomic E-state index is 5.56. The summed E-state index contributed by atoms with van der Waals surface area (Å²) in [6.45, 7) is 2.78. The van der Waals surface area contributed by atoms with E-state index in [4.69, 9.17) is 9.84 Å². The standard InChI is InChI=1S/C21H21N3OS/c1-3-22-21-24(23-18-13-12-15-8-4-5-9-16(15)18)19(14-26-21)17-10-6-7-11-20(17)25-2/h4-11,14H,3,12-13H2,1-2H3. The topological polar surface area (TPSA) is 38.9 Å². The Morgan fingerprint density at radius 1 is 1.04 bits per heavy atom. The van der Waals surface area contributed by atoms with Crippen LogP contribution in [0.1, 0.15) is 24.5 Å². The molecule has 0 aliphatic heterocycles. The molecule has 0 unspecified atom stereocenters. The zero-order valence-electron chi connectivity index (χ0n) is 15.0. The molecule has 0 N–H and O–H groups in total. The van der Waals surface area contributed by atoms with Crippen molar-refractivity contribution in [2.24, 2.45) is 10.1 Å². The van der Waals surface area contributed by atoms with Gasteiger partial charge in [0.1, 0.15) is 5.75 Å². The molecule has 4 rings (SSSR count). The number of thiazole rings is 1. The molecule has 1 aliphatic carbocycles. The van der Waals surface area contributed by atoms with Crippen LogP contribution < -0.4 is 9.54 Å². The van der Waals surface area contributed by atoms with Crippen LogP contribution in [0.3, 0.4) is 0 Å². The van der Waals surface area contributed by atoms with Gasteiger partial charge in [0, 0.05) is 23.1 Å². The van der Waals surface area contributed by atoms with Crippen LogP contribution in [-0.2, 0) is 6.42 Å². The number of fused-ring (bicyclic) bond motifs is 1. The molecule has 0 radical (unpaired) electrons. The molecule has 132 valence electrons. The van der Waals surface area contributed by atoms with Crippen LogP contribution in [0, 0.1) is 0 Å². The maximum atomic E-state index is 5.56. The second-order valence-corrected chi connectivity index (χ2v) is 6.93. The molecule has 0 fully saturated rings. The highest BCUT2D eigenvalue weighted by molar-refractivity contribution is 7.07. The smallest absolute Gasteiger partial charge is 0.206 e. The summed E-state index contributed by atoms with van der Waals surface area (Å²) in [5, 5.41) is 7.13. The van der Waals surface area contributed by atoms with Crippen molar-refractivity contribution in [2.75, 3.05) is 13.7 Å². The number of methoxy groups -OCH3 is 1. The van der Waals surface area contributed by atoms with Gasteiger partial charge in [0.25, 0.3) is 0 Å². The normalized spacial score (nSPS) is 15.5. The number of rotatable bonds is 4. The van der Waals surface area contributed by atoms with E-state index in [1.165, 1.54) is 11.1 Å². The molecule has 0 spiro atoms. The minimum atomic E-state index is 0.729. The van der Waals surface area contributed by atoms with E-state index in [9.17, 15) is 0 Å². The number of aryl methyl sites for hydroxylation is 1. The number of hydrogen-bond donors (Lipinski definition) is 0. The van der Waals surface area contributed by atoms with E-state index in [0.717, 1.165) is 46.9 Å². The van der Waals surface area contributed by atoms with E-state index in [2.05, 4.69) is 40.7 Å². The predicted octanol–water partition coefficient (Wildman–Crippen LogP) is 4.34. The number of para-hydroxylation sites is 1. The summed E-state index contributed by atoms with van der Waals surface area (Å²) >= 11 is 1.61. The van der Waals surface area contributed by atoms with Gasteiger partial charge in [0.2, 0.25) is 4.80 Å². The quantitative estimate of drug-likeness (QED) is 0.679. The van der Waals surface area contributed by atoms with Crippen molar-refractivity contribution in [3.05, 3.63) is 69.8 Å². The fourth-order valence-corrected chi connectivity index (χ4v) is 4.20. The molecule has 3 aromatic rings. The molecule has 0 atom stereocenters. The van der Waals surface area contributed by atoms with Gasteiger partial charge >= 0.3 is 0 Å². The summed E-state index contributed by atoms with van der Waals surface area (Å²) in [6, 6.07) is 16.6. The third-order valence-corrected chi connectivity index (χ3v) is 5.40. The number of nitrogens with zero attached hydrogens (tertiary/aromatic N) is 3. The van der Waals surface area contributed by atoms with E-state index in [1.807, 2.05) is 29.8 Å². The molecule has 0 saturated carbocycles. The Hall–Kier alpha value is -2.66. The van der Waals surface area contributed by atoms with Crippen molar-refractivity contribution in [1.29, 1.82) is 0 Å². The van der Waals surface area contributed by atoms with Crippen molar-refractivity contribution in [3.63, 3.8) is 0 Å². The molecule has 1 heterocycles. The van der Waals surface area contributed by atoms with Crippen LogP contribution in [-0.4, -0.2) is 24.0 Å². The lowest BCUT2D eigenvalue weighted by atomic mass is 10.1. The SMILES string of the molecule is CCN=c1scc(-c2ccccc2OC)n1N=C1CCc2ccccc21. The third-order valence-electron chi connectivity index (χ3n) is 4.54. The highest BCUT2D eigenvalue weighted by Gasteiger charge is 2.19. The lowest BCUT2D eigenvalue weighted by molar-refractivity contribution is 0.416. The van der Waals surface area contributed by atoms with Gasteiger partial charge in [-0.25, -0.2) is 4.68 Å². The molecule has 0 amide bonds. The van der Waals surface area contributed by atoms with Gasteiger partial charge in [-0.2, -0.15) is 5.10 Å². The molecule has 5 heteroatoms. The summed E-state index contributed by atoms with van der Waals surface area (Å²) < 4.78 is 7.54. The molecule has 1 aromatic heterocycles. The van der Waals surface area contributed by atoms with E-state index in [0.29, 0.717) is 0 Å². The first-order chi connectivity index (χ1) is 12.8. The lowest BCUT2D eigenvalue weighted by Gasteiger charge is -2.09. The summed E-state index contributed by atoms with van der Waals surface area (Å²) in [5.41, 5.74) is 5.78. The van der Waals surface area contributed by atoms with Crippen molar-refractivity contribution >= 4 is 17.0 Å². The zero-order valence-corrected chi connectivity index (χ0v) is 15.8. The largest absolute Gasteiger partial charge is 0.496 e. The Morgan fingerprint density at radius 3 is 2.62 bits per heavy atom. The van der Waals surface area contributed by atoms with Gasteiger partial charge in [0.05, 0.1) is 18.5 Å². The van der Waals surface area contributed by atoms with E-state index in [1.54, 1.807) is 18.4 Å². The Labute approximate surface area is 157 Å². The average Bonchev–Trinajstić information content (AvgIpc) is 3.27. The molecule has 0 bridgehead atoms. The van der Waals surface area contributed by atoms with Gasteiger partial charge in [-0.1, -0.05) is 36.4 Å². The highest BCUT2D eigenvalue weighted by atomic mass is 32.1. The first-order valence-corrected chi connectivity index (χ1v) is 9.70. The van der Waals surface area contributed by atoms with E-state index >= 15 is 0 Å². The Morgan fingerprint density at radius 2 is 1.81 bits per heavy atom. The molecule has 2 aromatic carbocycles. The first kappa shape index (κ1) is 16.8. The van der Waals surface area contributed by atoms with Crippen LogP contribution in [0.15, 0.2) is 64.0 Å². The number of hydrogen-bond acceptors (Lipinski definition) is 4. The molecule has 4 nitrogen and oxygen atoms in total. The molecular weight excluding hydrogens is 342 g/mol. The van der Waals surface area contributed by atoms with Crippen molar-refractivity contribution < 1.29 is 4.74 Å². The van der Waals surface area contributed by atoms with Gasteiger partial charge in [-0.3, -0.25) is 4.99 Å². The molecule has 26 heavy (non-hydrogen) atoms. The fraction of sp³-hybridized carbons (Fsp3) is 0.238. The highest BCUT2D eigenvalue weighted by Crippen LogP contribution is 2.30. The molecule has 1 aliphatic rings. The molecular formula is C21H21N3OS. The Kier molecular flexibility index (Phi) is 4.71. The Bertz CT molecular complexity index is 1030. The minimum Gasteiger partial charge on any atom is -0.496 e. The van der Waals surface area contributed by atoms with Crippen LogP contribution in [0.4, 0.5) is 0 Å². The van der Waals surface area contributed by atoms with E-state index < -0.39 is 0 Å². The van der Waals surface area contributed by atoms with Crippen LogP contribution in [0.5, 0.6) is 5.75 Å². The van der Waals surface area contributed by atoms with Gasteiger partial charge in [0.15, 0.2) is 0 Å². The minimum absolute atomic E-state index is 0.729. The van der Waals surface area contributed by atoms with Crippen molar-refractivity contribution in [1.82, 2.24) is 4.68 Å². The fourth-order valence-electron chi connectivity index (χ4n) is 3.31. The summed E-state index contributed by atoms with van der Waals surface area (Å²) in [4.78, 5) is 5.55. The number of ether oxygens (including phenoxy) is 1. The van der Waals surface area contributed by atoms with Crippen LogP contribution >= 0.6 is 11.3 Å². The van der Waals surface area contributed by atoms with Gasteiger partial charge in [-0.15, -0.1) is 11.3 Å². The summed E-state index contributed by atoms with van der Waals surface area (Å²) in [5.74, 6) is 0.842. The zero-order chi connectivity index (χ0) is 17.9. The lowest BCUT2D eigenvalue weighted by Crippen LogP contribution is -2.14. The van der Waals surface area contributed by atoms with Gasteiger partial charge < -0.3 is 4.74 Å². The Balaban J connectivity index is 1.90. The number of aromatic nitrogens is 1. The summed E-state index contributed by atoms with van der Waals surface area (Å²) in [6.07, 6.45) is 2.00. The van der Waals surface area contributed by atoms with Crippen LogP contribution in [0.25, 0.3) is 11.3 Å². The first-order valence-electron chi connectivity index (χ1n) is 8.82. The molecule has 0 saturated heterocycles. The second-order valence-electron chi connectivity index (χ2n) is 6.09. The van der Waals surface area contributed by atoms with Gasteiger partial charge in [-0.05, 0) is 37.5 Å². The number of benzene rings is 2. The predicted molar refractivity (Wildman–Crippen MR) is 107 cm³/mol. The maximum Gasteiger partial charge on any atom is 0.206 e. The third kappa shape index (κ3) is 2.99. The monoisotopic (exact) mass is 363 g/mol. The summed E-state index contributed by atoms with van der Waals surface area (Å²) in [7, 11) is 1.70. The second kappa shape index (κ2) is 7.30. The van der Waals surface area contributed by atoms with Crippen molar-refractivity contribution in [2.45, 2.75) is 19.8 Å². The van der Waals surface area contributed by atoms with Crippen LogP contribution in [0.2, 0.25) is 0 Å². The average molecular weight is 363 g/mol. The van der Waals surface area contributed by atoms with Crippen molar-refractivity contribution in [3.8, 4) is 17.0 Å². The van der Waals surface area contributed by atoms with E-state index in [-0.39, 0.29) is 0 Å².